The Morgan fingerprint density at radius 3 is 2.89 bits per heavy atom. The number of esters is 1. The Morgan fingerprint density at radius 1 is 1.42 bits per heavy atom. The van der Waals surface area contributed by atoms with Crippen LogP contribution < -0.4 is 5.32 Å². The molecule has 2 rings (SSSR count). The number of ether oxygens (including phenoxy) is 1. The molecular formula is C13H13ClN2O3. The molecule has 0 saturated carbocycles. The van der Waals surface area contributed by atoms with Crippen LogP contribution in [0.15, 0.2) is 28.7 Å². The molecular weight excluding hydrogens is 268 g/mol. The zero-order valence-corrected chi connectivity index (χ0v) is 11.3. The van der Waals surface area contributed by atoms with Crippen LogP contribution in [0.5, 0.6) is 0 Å². The lowest BCUT2D eigenvalue weighted by atomic mass is 10.3. The van der Waals surface area contributed by atoms with Gasteiger partial charge in [-0.3, -0.25) is 0 Å². The van der Waals surface area contributed by atoms with E-state index in [0.29, 0.717) is 17.5 Å². The Balaban J connectivity index is 2.02. The van der Waals surface area contributed by atoms with E-state index in [-0.39, 0.29) is 5.76 Å². The third-order valence-electron chi connectivity index (χ3n) is 2.55. The molecule has 0 aromatic carbocycles. The predicted molar refractivity (Wildman–Crippen MR) is 71.4 cm³/mol. The molecule has 0 amide bonds. The van der Waals surface area contributed by atoms with Crippen molar-refractivity contribution in [1.82, 2.24) is 4.98 Å². The number of nitrogens with one attached hydrogen (secondary N) is 1. The standard InChI is InChI=1S/C13H13ClN2O3/c1-8-10(4-6-12(14)16-8)15-7-9-3-5-11(19-9)13(17)18-2/h3-6,15H,7H2,1-2H3. The highest BCUT2D eigenvalue weighted by Crippen LogP contribution is 2.17. The molecule has 0 radical (unpaired) electrons. The number of aryl methyl sites for hydroxylation is 1. The van der Waals surface area contributed by atoms with Crippen LogP contribution in [-0.4, -0.2) is 18.1 Å². The van der Waals surface area contributed by atoms with E-state index in [0.717, 1.165) is 11.4 Å². The van der Waals surface area contributed by atoms with Gasteiger partial charge in [-0.2, -0.15) is 0 Å². The minimum Gasteiger partial charge on any atom is -0.463 e. The maximum absolute atomic E-state index is 11.2. The first-order valence-corrected chi connectivity index (χ1v) is 6.02. The quantitative estimate of drug-likeness (QED) is 0.689. The van der Waals surface area contributed by atoms with Crippen LogP contribution in [0.1, 0.15) is 22.0 Å². The summed E-state index contributed by atoms with van der Waals surface area (Å²) in [7, 11) is 1.31. The topological polar surface area (TPSA) is 64.4 Å². The molecule has 0 unspecified atom stereocenters. The van der Waals surface area contributed by atoms with Gasteiger partial charge in [-0.25, -0.2) is 9.78 Å². The highest BCUT2D eigenvalue weighted by Gasteiger charge is 2.11. The number of anilines is 1. The van der Waals surface area contributed by atoms with Crippen molar-refractivity contribution in [2.45, 2.75) is 13.5 Å². The van der Waals surface area contributed by atoms with Gasteiger partial charge in [0, 0.05) is 0 Å². The molecule has 0 atom stereocenters. The summed E-state index contributed by atoms with van der Waals surface area (Å²) in [5.74, 6) is 0.329. The van der Waals surface area contributed by atoms with Crippen molar-refractivity contribution in [3.63, 3.8) is 0 Å². The fraction of sp³-hybridized carbons (Fsp3) is 0.231. The molecule has 0 spiro atoms. The number of halogens is 1. The molecule has 5 nitrogen and oxygen atoms in total. The first-order valence-electron chi connectivity index (χ1n) is 5.64. The summed E-state index contributed by atoms with van der Waals surface area (Å²) >= 11 is 5.78. The molecule has 0 aliphatic rings. The predicted octanol–water partition coefficient (Wildman–Crippen LogP) is 3.04. The van der Waals surface area contributed by atoms with Gasteiger partial charge < -0.3 is 14.5 Å². The Morgan fingerprint density at radius 2 is 2.21 bits per heavy atom. The lowest BCUT2D eigenvalue weighted by Gasteiger charge is -2.07. The molecule has 100 valence electrons. The number of methoxy groups -OCH3 is 1. The summed E-state index contributed by atoms with van der Waals surface area (Å²) in [6.45, 7) is 2.30. The van der Waals surface area contributed by atoms with E-state index in [1.807, 2.05) is 13.0 Å². The maximum Gasteiger partial charge on any atom is 0.373 e. The molecule has 19 heavy (non-hydrogen) atoms. The largest absolute Gasteiger partial charge is 0.463 e. The fourth-order valence-corrected chi connectivity index (χ4v) is 1.77. The van der Waals surface area contributed by atoms with E-state index in [4.69, 9.17) is 16.0 Å². The monoisotopic (exact) mass is 280 g/mol. The van der Waals surface area contributed by atoms with Gasteiger partial charge in [0.25, 0.3) is 0 Å². The van der Waals surface area contributed by atoms with Crippen molar-refractivity contribution in [2.75, 3.05) is 12.4 Å². The molecule has 0 fully saturated rings. The number of pyridine rings is 1. The molecule has 2 aromatic rings. The second-order valence-electron chi connectivity index (χ2n) is 3.88. The highest BCUT2D eigenvalue weighted by molar-refractivity contribution is 6.29. The van der Waals surface area contributed by atoms with Gasteiger partial charge in [-0.1, -0.05) is 11.6 Å². The maximum atomic E-state index is 11.2. The molecule has 0 bridgehead atoms. The third-order valence-corrected chi connectivity index (χ3v) is 2.76. The summed E-state index contributed by atoms with van der Waals surface area (Å²) in [6, 6.07) is 6.85. The first-order chi connectivity index (χ1) is 9.10. The van der Waals surface area contributed by atoms with Crippen LogP contribution in [0.25, 0.3) is 0 Å². The van der Waals surface area contributed by atoms with E-state index < -0.39 is 5.97 Å². The summed E-state index contributed by atoms with van der Waals surface area (Å²) in [6.07, 6.45) is 0. The lowest BCUT2D eigenvalue weighted by Crippen LogP contribution is -2.02. The fourth-order valence-electron chi connectivity index (χ4n) is 1.58. The molecule has 1 N–H and O–H groups in total. The number of aromatic nitrogens is 1. The smallest absolute Gasteiger partial charge is 0.373 e. The van der Waals surface area contributed by atoms with Gasteiger partial charge in [-0.05, 0) is 31.2 Å². The van der Waals surface area contributed by atoms with Crippen molar-refractivity contribution >= 4 is 23.3 Å². The normalized spacial score (nSPS) is 10.3. The molecule has 2 heterocycles. The van der Waals surface area contributed by atoms with Crippen LogP contribution in [-0.2, 0) is 11.3 Å². The second kappa shape index (κ2) is 5.75. The molecule has 6 heteroatoms. The van der Waals surface area contributed by atoms with Gasteiger partial charge in [0.15, 0.2) is 0 Å². The van der Waals surface area contributed by atoms with Crippen molar-refractivity contribution in [2.24, 2.45) is 0 Å². The van der Waals surface area contributed by atoms with Crippen LogP contribution in [0, 0.1) is 6.92 Å². The Kier molecular flexibility index (Phi) is 4.06. The average molecular weight is 281 g/mol. The SMILES string of the molecule is COC(=O)c1ccc(CNc2ccc(Cl)nc2C)o1. The number of hydrogen-bond acceptors (Lipinski definition) is 5. The summed E-state index contributed by atoms with van der Waals surface area (Å²) in [4.78, 5) is 15.4. The Labute approximate surface area is 115 Å². The van der Waals surface area contributed by atoms with E-state index in [1.54, 1.807) is 18.2 Å². The summed E-state index contributed by atoms with van der Waals surface area (Å²) in [5, 5.41) is 3.61. The summed E-state index contributed by atoms with van der Waals surface area (Å²) < 4.78 is 9.91. The van der Waals surface area contributed by atoms with E-state index in [2.05, 4.69) is 15.0 Å². The molecule has 2 aromatic heterocycles. The number of carbonyl (C=O) groups is 1. The minimum absolute atomic E-state index is 0.185. The van der Waals surface area contributed by atoms with Crippen LogP contribution in [0.2, 0.25) is 5.15 Å². The van der Waals surface area contributed by atoms with Crippen molar-refractivity contribution in [3.8, 4) is 0 Å². The molecule has 0 saturated heterocycles. The average Bonchev–Trinajstić information content (AvgIpc) is 2.85. The van der Waals surface area contributed by atoms with Gasteiger partial charge >= 0.3 is 5.97 Å². The zero-order valence-electron chi connectivity index (χ0n) is 10.6. The van der Waals surface area contributed by atoms with Gasteiger partial charge in [0.1, 0.15) is 10.9 Å². The van der Waals surface area contributed by atoms with Crippen molar-refractivity contribution in [1.29, 1.82) is 0 Å². The number of rotatable bonds is 4. The van der Waals surface area contributed by atoms with Gasteiger partial charge in [0.2, 0.25) is 5.76 Å². The number of furan rings is 1. The first kappa shape index (κ1) is 13.4. The highest BCUT2D eigenvalue weighted by atomic mass is 35.5. The van der Waals surface area contributed by atoms with Crippen LogP contribution in [0.3, 0.4) is 0 Å². The summed E-state index contributed by atoms with van der Waals surface area (Å²) in [5.41, 5.74) is 1.66. The lowest BCUT2D eigenvalue weighted by molar-refractivity contribution is 0.0563. The van der Waals surface area contributed by atoms with E-state index in [9.17, 15) is 4.79 Å². The van der Waals surface area contributed by atoms with Crippen molar-refractivity contribution < 1.29 is 13.9 Å². The minimum atomic E-state index is -0.490. The van der Waals surface area contributed by atoms with Crippen LogP contribution in [0.4, 0.5) is 5.69 Å². The third kappa shape index (κ3) is 3.26. The Bertz CT molecular complexity index is 595. The Hall–Kier alpha value is -2.01. The van der Waals surface area contributed by atoms with Gasteiger partial charge in [-0.15, -0.1) is 0 Å². The van der Waals surface area contributed by atoms with E-state index >= 15 is 0 Å². The van der Waals surface area contributed by atoms with E-state index in [1.165, 1.54) is 7.11 Å². The zero-order chi connectivity index (χ0) is 13.8. The second-order valence-corrected chi connectivity index (χ2v) is 4.27. The number of carbonyl (C=O) groups excluding carboxylic acids is 1. The number of nitrogens with zero attached hydrogens (tertiary/aromatic N) is 1. The van der Waals surface area contributed by atoms with Gasteiger partial charge in [0.05, 0.1) is 25.0 Å². The molecule has 0 aliphatic carbocycles. The number of hydrogen-bond donors (Lipinski definition) is 1. The molecule has 0 aliphatic heterocycles. The van der Waals surface area contributed by atoms with Crippen LogP contribution >= 0.6 is 11.6 Å². The van der Waals surface area contributed by atoms with Crippen molar-refractivity contribution in [3.05, 3.63) is 46.6 Å².